The Morgan fingerprint density at radius 3 is 2.29 bits per heavy atom. The maximum atomic E-state index is 12.8. The first-order valence-electron chi connectivity index (χ1n) is 6.77. The van der Waals surface area contributed by atoms with E-state index < -0.39 is 17.3 Å². The highest BCUT2D eigenvalue weighted by Crippen LogP contribution is 2.32. The van der Waals surface area contributed by atoms with Gasteiger partial charge >= 0.3 is 6.18 Å². The normalized spacial score (nSPS) is 14.9. The summed E-state index contributed by atoms with van der Waals surface area (Å²) in [6.07, 6.45) is -3.90. The van der Waals surface area contributed by atoms with Crippen LogP contribution in [-0.4, -0.2) is 29.3 Å². The van der Waals surface area contributed by atoms with Gasteiger partial charge in [0.15, 0.2) is 0 Å². The number of nitrogens with zero attached hydrogens (tertiary/aromatic N) is 1. The summed E-state index contributed by atoms with van der Waals surface area (Å²) in [6, 6.07) is 1.88. The van der Waals surface area contributed by atoms with Gasteiger partial charge in [0.25, 0.3) is 0 Å². The molecule has 7 heteroatoms. The van der Waals surface area contributed by atoms with Gasteiger partial charge in [0.05, 0.1) is 11.2 Å². The average molecular weight is 305 g/mol. The first-order valence-corrected chi connectivity index (χ1v) is 6.77. The number of pyridine rings is 1. The van der Waals surface area contributed by atoms with Crippen LogP contribution >= 0.6 is 0 Å². The zero-order valence-corrected chi connectivity index (χ0v) is 12.7. The fraction of sp³-hybridized carbons (Fsp3) is 0.643. The van der Waals surface area contributed by atoms with Crippen molar-refractivity contribution in [3.05, 3.63) is 17.7 Å². The van der Waals surface area contributed by atoms with Crippen molar-refractivity contribution in [2.45, 2.75) is 39.0 Å². The second-order valence-electron chi connectivity index (χ2n) is 5.82. The quantitative estimate of drug-likeness (QED) is 0.754. The number of hydrogen-bond acceptors (Lipinski definition) is 4. The topological polar surface area (TPSA) is 57.2 Å². The molecular formula is C14H22F3N3O. The predicted octanol–water partition coefficient (Wildman–Crippen LogP) is 3.35. The molecule has 0 amide bonds. The highest BCUT2D eigenvalue weighted by molar-refractivity contribution is 5.49. The number of anilines is 2. The lowest BCUT2D eigenvalue weighted by atomic mass is 9.94. The fourth-order valence-electron chi connectivity index (χ4n) is 2.15. The zero-order valence-electron chi connectivity index (χ0n) is 12.7. The largest absolute Gasteiger partial charge is 0.416 e. The van der Waals surface area contributed by atoms with Crippen LogP contribution in [0.4, 0.5) is 24.8 Å². The van der Waals surface area contributed by atoms with Gasteiger partial charge in [0, 0.05) is 13.6 Å². The van der Waals surface area contributed by atoms with E-state index in [-0.39, 0.29) is 24.1 Å². The van der Waals surface area contributed by atoms with Crippen LogP contribution in [0, 0.1) is 5.92 Å². The lowest BCUT2D eigenvalue weighted by molar-refractivity contribution is -0.137. The Morgan fingerprint density at radius 1 is 1.24 bits per heavy atom. The van der Waals surface area contributed by atoms with Crippen LogP contribution in [0.3, 0.4) is 0 Å². The van der Waals surface area contributed by atoms with E-state index >= 15 is 0 Å². The van der Waals surface area contributed by atoms with Crippen LogP contribution in [0.2, 0.25) is 0 Å². The molecule has 21 heavy (non-hydrogen) atoms. The molecule has 0 aromatic carbocycles. The summed E-state index contributed by atoms with van der Waals surface area (Å²) < 4.78 is 38.4. The standard InChI is InChI=1S/C14H22F3N3O/c1-9(2)7-13(3,21)8-19-12-6-10(14(15,16)17)5-11(18-4)20-12/h5-6,9,21H,7-8H2,1-4H3,(H2,18,19,20). The molecule has 0 radical (unpaired) electrons. The molecule has 1 unspecified atom stereocenters. The van der Waals surface area contributed by atoms with Crippen molar-refractivity contribution in [3.8, 4) is 0 Å². The molecule has 1 aromatic rings. The zero-order chi connectivity index (χ0) is 16.3. The summed E-state index contributed by atoms with van der Waals surface area (Å²) in [5.41, 5.74) is -1.79. The second-order valence-corrected chi connectivity index (χ2v) is 5.82. The summed E-state index contributed by atoms with van der Waals surface area (Å²) in [7, 11) is 1.50. The number of aliphatic hydroxyl groups is 1. The van der Waals surface area contributed by atoms with Gasteiger partial charge in [-0.2, -0.15) is 13.2 Å². The van der Waals surface area contributed by atoms with Crippen LogP contribution in [0.15, 0.2) is 12.1 Å². The third-order valence-electron chi connectivity index (χ3n) is 2.91. The number of hydrogen-bond donors (Lipinski definition) is 3. The number of alkyl halides is 3. The van der Waals surface area contributed by atoms with Crippen molar-refractivity contribution in [2.24, 2.45) is 5.92 Å². The maximum Gasteiger partial charge on any atom is 0.416 e. The van der Waals surface area contributed by atoms with Crippen molar-refractivity contribution in [3.63, 3.8) is 0 Å². The van der Waals surface area contributed by atoms with Crippen molar-refractivity contribution >= 4 is 11.6 Å². The molecule has 1 rings (SSSR count). The predicted molar refractivity (Wildman–Crippen MR) is 77.4 cm³/mol. The summed E-state index contributed by atoms with van der Waals surface area (Å²) >= 11 is 0. The molecule has 0 spiro atoms. The molecule has 120 valence electrons. The molecule has 0 aliphatic rings. The van der Waals surface area contributed by atoms with Crippen molar-refractivity contribution < 1.29 is 18.3 Å². The SMILES string of the molecule is CNc1cc(C(F)(F)F)cc(NCC(C)(O)CC(C)C)n1. The molecule has 0 fully saturated rings. The molecule has 0 aliphatic carbocycles. The number of rotatable bonds is 6. The van der Waals surface area contributed by atoms with Gasteiger partial charge < -0.3 is 15.7 Å². The third-order valence-corrected chi connectivity index (χ3v) is 2.91. The average Bonchev–Trinajstić information content (AvgIpc) is 2.33. The van der Waals surface area contributed by atoms with Crippen LogP contribution in [0.1, 0.15) is 32.8 Å². The lowest BCUT2D eigenvalue weighted by Gasteiger charge is -2.26. The van der Waals surface area contributed by atoms with Crippen LogP contribution < -0.4 is 10.6 Å². The van der Waals surface area contributed by atoms with Crippen LogP contribution in [-0.2, 0) is 6.18 Å². The summed E-state index contributed by atoms with van der Waals surface area (Å²) in [5, 5.41) is 15.5. The second kappa shape index (κ2) is 6.51. The van der Waals surface area contributed by atoms with E-state index in [2.05, 4.69) is 15.6 Å². The Balaban J connectivity index is 2.88. The Hall–Kier alpha value is -1.50. The minimum Gasteiger partial charge on any atom is -0.388 e. The Kier molecular flexibility index (Phi) is 5.44. The summed E-state index contributed by atoms with van der Waals surface area (Å²) in [6.45, 7) is 5.71. The molecular weight excluding hydrogens is 283 g/mol. The van der Waals surface area contributed by atoms with E-state index in [9.17, 15) is 18.3 Å². The lowest BCUT2D eigenvalue weighted by Crippen LogP contribution is -2.35. The van der Waals surface area contributed by atoms with Gasteiger partial charge in [0.2, 0.25) is 0 Å². The molecule has 4 nitrogen and oxygen atoms in total. The Labute approximate surface area is 122 Å². The monoisotopic (exact) mass is 305 g/mol. The van der Waals surface area contributed by atoms with E-state index in [0.717, 1.165) is 12.1 Å². The van der Waals surface area contributed by atoms with E-state index in [1.807, 2.05) is 13.8 Å². The van der Waals surface area contributed by atoms with Crippen molar-refractivity contribution in [1.29, 1.82) is 0 Å². The molecule has 1 heterocycles. The first kappa shape index (κ1) is 17.6. The van der Waals surface area contributed by atoms with Crippen molar-refractivity contribution in [2.75, 3.05) is 24.2 Å². The van der Waals surface area contributed by atoms with Crippen LogP contribution in [0.25, 0.3) is 0 Å². The summed E-state index contributed by atoms with van der Waals surface area (Å²) in [4.78, 5) is 4.01. The van der Waals surface area contributed by atoms with Gasteiger partial charge in [-0.15, -0.1) is 0 Å². The number of nitrogens with one attached hydrogen (secondary N) is 2. The summed E-state index contributed by atoms with van der Waals surface area (Å²) in [5.74, 6) is 0.484. The first-order chi connectivity index (χ1) is 9.53. The smallest absolute Gasteiger partial charge is 0.388 e. The van der Waals surface area contributed by atoms with Crippen LogP contribution in [0.5, 0.6) is 0 Å². The number of halogens is 3. The van der Waals surface area contributed by atoms with Gasteiger partial charge in [-0.25, -0.2) is 4.98 Å². The Morgan fingerprint density at radius 2 is 1.81 bits per heavy atom. The minimum absolute atomic E-state index is 0.0817. The molecule has 0 saturated carbocycles. The third kappa shape index (κ3) is 5.79. The molecule has 1 atom stereocenters. The highest BCUT2D eigenvalue weighted by atomic mass is 19.4. The van der Waals surface area contributed by atoms with E-state index in [0.29, 0.717) is 6.42 Å². The molecule has 0 aliphatic heterocycles. The highest BCUT2D eigenvalue weighted by Gasteiger charge is 2.32. The molecule has 1 aromatic heterocycles. The van der Waals surface area contributed by atoms with Crippen molar-refractivity contribution in [1.82, 2.24) is 4.98 Å². The van der Waals surface area contributed by atoms with E-state index in [1.165, 1.54) is 7.05 Å². The Bertz CT molecular complexity index is 473. The fourth-order valence-corrected chi connectivity index (χ4v) is 2.15. The molecule has 0 bridgehead atoms. The molecule has 3 N–H and O–H groups in total. The van der Waals surface area contributed by atoms with E-state index in [4.69, 9.17) is 0 Å². The van der Waals surface area contributed by atoms with Gasteiger partial charge in [0.1, 0.15) is 11.6 Å². The molecule has 0 saturated heterocycles. The maximum absolute atomic E-state index is 12.8. The van der Waals surface area contributed by atoms with Gasteiger partial charge in [-0.1, -0.05) is 13.8 Å². The minimum atomic E-state index is -4.44. The van der Waals surface area contributed by atoms with Gasteiger partial charge in [-0.3, -0.25) is 0 Å². The van der Waals surface area contributed by atoms with E-state index in [1.54, 1.807) is 6.92 Å². The van der Waals surface area contributed by atoms with Gasteiger partial charge in [-0.05, 0) is 31.4 Å². The number of aromatic nitrogens is 1.